The molecular weight excluding hydrogens is 444 g/mol. The number of hydrogen-bond acceptors (Lipinski definition) is 3. The van der Waals surface area contributed by atoms with Gasteiger partial charge >= 0.3 is 0 Å². The molecule has 0 unspecified atom stereocenters. The predicted molar refractivity (Wildman–Crippen MR) is 150 cm³/mol. The fourth-order valence-corrected chi connectivity index (χ4v) is 4.68. The number of aromatic nitrogens is 2. The zero-order valence-electron chi connectivity index (χ0n) is 21.4. The summed E-state index contributed by atoms with van der Waals surface area (Å²) in [5, 5.41) is 3.01. The zero-order chi connectivity index (χ0) is 25.2. The van der Waals surface area contributed by atoms with Gasteiger partial charge in [-0.25, -0.2) is 4.98 Å². The fourth-order valence-electron chi connectivity index (χ4n) is 4.68. The van der Waals surface area contributed by atoms with Crippen molar-refractivity contribution in [2.24, 2.45) is 0 Å². The molecule has 5 nitrogen and oxygen atoms in total. The molecule has 4 aromatic rings. The van der Waals surface area contributed by atoms with E-state index >= 15 is 0 Å². The molecule has 0 radical (unpaired) electrons. The average molecular weight is 483 g/mol. The number of fused-ring (bicyclic) bond motifs is 1. The maximum absolute atomic E-state index is 12.8. The minimum atomic E-state index is -0.115. The van der Waals surface area contributed by atoms with Crippen LogP contribution in [-0.2, 0) is 19.4 Å². The van der Waals surface area contributed by atoms with E-state index in [1.165, 1.54) is 49.7 Å². The smallest absolute Gasteiger partial charge is 0.255 e. The topological polar surface area (TPSA) is 72.9 Å². The van der Waals surface area contributed by atoms with Crippen molar-refractivity contribution in [2.75, 3.05) is 11.1 Å². The Bertz CT molecular complexity index is 1250. The van der Waals surface area contributed by atoms with Crippen LogP contribution in [0.5, 0.6) is 0 Å². The van der Waals surface area contributed by atoms with Gasteiger partial charge in [0.05, 0.1) is 11.0 Å². The molecule has 3 N–H and O–H groups in total. The summed E-state index contributed by atoms with van der Waals surface area (Å²) in [6.45, 7) is 3.04. The number of imidazole rings is 1. The number of hydrogen-bond donors (Lipinski definition) is 2. The van der Waals surface area contributed by atoms with Gasteiger partial charge in [-0.1, -0.05) is 81.5 Å². The van der Waals surface area contributed by atoms with E-state index in [9.17, 15) is 4.79 Å². The molecule has 0 aliphatic heterocycles. The summed E-state index contributed by atoms with van der Waals surface area (Å²) in [6.07, 6.45) is 10.8. The average Bonchev–Trinajstić information content (AvgIpc) is 3.21. The second-order valence-corrected chi connectivity index (χ2v) is 9.58. The van der Waals surface area contributed by atoms with E-state index in [4.69, 9.17) is 5.73 Å². The number of benzene rings is 3. The molecule has 4 rings (SSSR count). The van der Waals surface area contributed by atoms with E-state index in [0.29, 0.717) is 11.5 Å². The summed E-state index contributed by atoms with van der Waals surface area (Å²) >= 11 is 0. The van der Waals surface area contributed by atoms with Crippen LogP contribution in [0.25, 0.3) is 11.0 Å². The number of rotatable bonds is 13. The van der Waals surface area contributed by atoms with Crippen LogP contribution in [0, 0.1) is 0 Å². The molecule has 0 fully saturated rings. The number of carbonyl (C=O) groups is 1. The molecule has 1 aromatic heterocycles. The summed E-state index contributed by atoms with van der Waals surface area (Å²) in [6, 6.07) is 24.2. The first kappa shape index (κ1) is 25.5. The molecule has 36 heavy (non-hydrogen) atoms. The molecule has 1 heterocycles. The predicted octanol–water partition coefficient (Wildman–Crippen LogP) is 7.41. The van der Waals surface area contributed by atoms with Crippen LogP contribution in [0.15, 0.2) is 72.8 Å². The summed E-state index contributed by atoms with van der Waals surface area (Å²) in [4.78, 5) is 17.3. The SMILES string of the molecule is CCCCCCCCc1ccc(C(=O)Nc2ccc3c(c2)nc(N)n3CCCc2ccccc2)cc1. The third-order valence-electron chi connectivity index (χ3n) is 6.76. The number of unbranched alkanes of at least 4 members (excludes halogenated alkanes) is 5. The molecular formula is C31H38N4O. The molecule has 0 aliphatic rings. The lowest BCUT2D eigenvalue weighted by Gasteiger charge is -2.08. The van der Waals surface area contributed by atoms with Crippen molar-refractivity contribution in [3.8, 4) is 0 Å². The van der Waals surface area contributed by atoms with Crippen LogP contribution < -0.4 is 11.1 Å². The Morgan fingerprint density at radius 3 is 2.31 bits per heavy atom. The molecule has 0 saturated carbocycles. The number of nitrogens with two attached hydrogens (primary N) is 1. The van der Waals surface area contributed by atoms with Gasteiger partial charge in [-0.05, 0) is 67.1 Å². The first-order valence-corrected chi connectivity index (χ1v) is 13.3. The summed E-state index contributed by atoms with van der Waals surface area (Å²) in [5.74, 6) is 0.387. The van der Waals surface area contributed by atoms with Crippen molar-refractivity contribution in [3.63, 3.8) is 0 Å². The fraction of sp³-hybridized carbons (Fsp3) is 0.355. The van der Waals surface area contributed by atoms with Crippen molar-refractivity contribution in [2.45, 2.75) is 71.3 Å². The zero-order valence-corrected chi connectivity index (χ0v) is 21.4. The highest BCUT2D eigenvalue weighted by atomic mass is 16.1. The lowest BCUT2D eigenvalue weighted by molar-refractivity contribution is 0.102. The standard InChI is InChI=1S/C31H38N4O/c1-2-3-4-5-6-8-14-25-16-18-26(19-17-25)30(36)33-27-20-21-29-28(23-27)34-31(32)35(29)22-11-15-24-12-9-7-10-13-24/h7,9-10,12-13,16-21,23H,2-6,8,11,14-15,22H2,1H3,(H2,32,34)(H,33,36). The van der Waals surface area contributed by atoms with Gasteiger partial charge in [-0.15, -0.1) is 0 Å². The molecule has 3 aromatic carbocycles. The largest absolute Gasteiger partial charge is 0.369 e. The second-order valence-electron chi connectivity index (χ2n) is 9.58. The monoisotopic (exact) mass is 482 g/mol. The van der Waals surface area contributed by atoms with E-state index < -0.39 is 0 Å². The molecule has 188 valence electrons. The third kappa shape index (κ3) is 6.97. The van der Waals surface area contributed by atoms with Crippen molar-refractivity contribution in [3.05, 3.63) is 89.5 Å². The second kappa shape index (κ2) is 12.9. The van der Waals surface area contributed by atoms with Crippen molar-refractivity contribution < 1.29 is 4.79 Å². The number of nitrogen functional groups attached to an aromatic ring is 1. The van der Waals surface area contributed by atoms with Crippen LogP contribution in [0.2, 0.25) is 0 Å². The number of aryl methyl sites for hydroxylation is 3. The first-order chi connectivity index (χ1) is 17.6. The Labute approximate surface area is 214 Å². The van der Waals surface area contributed by atoms with Crippen molar-refractivity contribution in [1.29, 1.82) is 0 Å². The van der Waals surface area contributed by atoms with Crippen molar-refractivity contribution >= 4 is 28.6 Å². The van der Waals surface area contributed by atoms with Gasteiger partial charge in [0.1, 0.15) is 0 Å². The number of nitrogens with one attached hydrogen (secondary N) is 1. The normalized spacial score (nSPS) is 11.1. The third-order valence-corrected chi connectivity index (χ3v) is 6.76. The quantitative estimate of drug-likeness (QED) is 0.195. The number of amides is 1. The van der Waals surface area contributed by atoms with Crippen LogP contribution in [-0.4, -0.2) is 15.5 Å². The van der Waals surface area contributed by atoms with Gasteiger partial charge < -0.3 is 15.6 Å². The van der Waals surface area contributed by atoms with Gasteiger partial charge in [-0.3, -0.25) is 4.79 Å². The first-order valence-electron chi connectivity index (χ1n) is 13.3. The van der Waals surface area contributed by atoms with Crippen LogP contribution >= 0.6 is 0 Å². The van der Waals surface area contributed by atoms with Gasteiger partial charge in [0.15, 0.2) is 0 Å². The maximum atomic E-state index is 12.8. The Morgan fingerprint density at radius 2 is 1.53 bits per heavy atom. The molecule has 0 bridgehead atoms. The minimum absolute atomic E-state index is 0.115. The Balaban J connectivity index is 1.31. The Morgan fingerprint density at radius 1 is 0.833 bits per heavy atom. The summed E-state index contributed by atoms with van der Waals surface area (Å²) in [5.41, 5.74) is 12.0. The van der Waals surface area contributed by atoms with Gasteiger partial charge in [0.25, 0.3) is 5.91 Å². The van der Waals surface area contributed by atoms with E-state index in [1.54, 1.807) is 0 Å². The van der Waals surface area contributed by atoms with E-state index in [0.717, 1.165) is 42.5 Å². The maximum Gasteiger partial charge on any atom is 0.255 e. The molecule has 0 spiro atoms. The van der Waals surface area contributed by atoms with Gasteiger partial charge in [0.2, 0.25) is 5.95 Å². The molecule has 5 heteroatoms. The van der Waals surface area contributed by atoms with Crippen LogP contribution in [0.3, 0.4) is 0 Å². The van der Waals surface area contributed by atoms with Crippen LogP contribution in [0.4, 0.5) is 11.6 Å². The minimum Gasteiger partial charge on any atom is -0.369 e. The van der Waals surface area contributed by atoms with E-state index in [2.05, 4.69) is 53.6 Å². The molecule has 0 atom stereocenters. The lowest BCUT2D eigenvalue weighted by atomic mass is 10.0. The van der Waals surface area contributed by atoms with E-state index in [-0.39, 0.29) is 5.91 Å². The van der Waals surface area contributed by atoms with Gasteiger partial charge in [0, 0.05) is 17.8 Å². The Kier molecular flexibility index (Phi) is 9.15. The molecule has 1 amide bonds. The Hall–Kier alpha value is -3.60. The number of nitrogens with zero attached hydrogens (tertiary/aromatic N) is 2. The highest BCUT2D eigenvalue weighted by Gasteiger charge is 2.11. The summed E-state index contributed by atoms with van der Waals surface area (Å²) < 4.78 is 2.05. The highest BCUT2D eigenvalue weighted by molar-refractivity contribution is 6.05. The number of carbonyl (C=O) groups excluding carboxylic acids is 1. The highest BCUT2D eigenvalue weighted by Crippen LogP contribution is 2.23. The number of anilines is 2. The summed E-state index contributed by atoms with van der Waals surface area (Å²) in [7, 11) is 0. The van der Waals surface area contributed by atoms with E-state index in [1.807, 2.05) is 41.0 Å². The molecule has 0 saturated heterocycles. The lowest BCUT2D eigenvalue weighted by Crippen LogP contribution is -2.11. The van der Waals surface area contributed by atoms with Crippen molar-refractivity contribution in [1.82, 2.24) is 9.55 Å². The van der Waals surface area contributed by atoms with Gasteiger partial charge in [-0.2, -0.15) is 0 Å². The van der Waals surface area contributed by atoms with Crippen LogP contribution in [0.1, 0.15) is 73.4 Å². The molecule has 0 aliphatic carbocycles.